The second kappa shape index (κ2) is 5.69. The third-order valence-electron chi connectivity index (χ3n) is 3.56. The number of hydrogen-bond acceptors (Lipinski definition) is 4. The summed E-state index contributed by atoms with van der Waals surface area (Å²) in [5.74, 6) is 0. The molecule has 22 heavy (non-hydrogen) atoms. The number of benzene rings is 2. The van der Waals surface area contributed by atoms with E-state index < -0.39 is 0 Å². The van der Waals surface area contributed by atoms with Crippen LogP contribution in [0.1, 0.15) is 21.7 Å². The zero-order chi connectivity index (χ0) is 15.7. The van der Waals surface area contributed by atoms with Gasteiger partial charge in [-0.05, 0) is 55.3 Å². The molecule has 4 nitrogen and oxygen atoms in total. The number of thiazole rings is 1. The molecule has 0 saturated heterocycles. The van der Waals surface area contributed by atoms with Crippen LogP contribution in [0.2, 0.25) is 0 Å². The summed E-state index contributed by atoms with van der Waals surface area (Å²) in [6, 6.07) is 10.9. The Kier molecular flexibility index (Phi) is 3.73. The van der Waals surface area contributed by atoms with E-state index in [1.54, 1.807) is 35.6 Å². The van der Waals surface area contributed by atoms with Gasteiger partial charge < -0.3 is 0 Å². The highest BCUT2D eigenvalue weighted by molar-refractivity contribution is 7.19. The standard InChI is InChI=1S/C17H14N2O2S/c1-11-9-14-16(10-12(11)2)22-17(18-14)8-7-13-5-3-4-6-15(13)19(20)21/h3-10H,1-2H3/b8-7+. The predicted octanol–water partition coefficient (Wildman–Crippen LogP) is 4.99. The third-order valence-corrected chi connectivity index (χ3v) is 4.54. The van der Waals surface area contributed by atoms with Gasteiger partial charge in [-0.25, -0.2) is 4.98 Å². The summed E-state index contributed by atoms with van der Waals surface area (Å²) in [6.07, 6.45) is 3.58. The van der Waals surface area contributed by atoms with E-state index in [1.807, 2.05) is 6.08 Å². The van der Waals surface area contributed by atoms with Crippen molar-refractivity contribution in [2.45, 2.75) is 13.8 Å². The molecule has 2 aromatic carbocycles. The van der Waals surface area contributed by atoms with Gasteiger partial charge >= 0.3 is 0 Å². The van der Waals surface area contributed by atoms with Crippen LogP contribution >= 0.6 is 11.3 Å². The van der Waals surface area contributed by atoms with Crippen molar-refractivity contribution in [2.24, 2.45) is 0 Å². The molecule has 0 aliphatic rings. The van der Waals surface area contributed by atoms with Crippen molar-refractivity contribution < 1.29 is 4.92 Å². The van der Waals surface area contributed by atoms with Crippen molar-refractivity contribution in [3.8, 4) is 0 Å². The molecule has 3 rings (SSSR count). The molecular formula is C17H14N2O2S. The molecule has 0 amide bonds. The van der Waals surface area contributed by atoms with E-state index in [-0.39, 0.29) is 10.6 Å². The first-order chi connectivity index (χ1) is 10.5. The van der Waals surface area contributed by atoms with Crippen LogP contribution < -0.4 is 0 Å². The molecule has 0 unspecified atom stereocenters. The maximum atomic E-state index is 11.0. The number of rotatable bonds is 3. The fraction of sp³-hybridized carbons (Fsp3) is 0.118. The van der Waals surface area contributed by atoms with Gasteiger partial charge in [0.1, 0.15) is 5.01 Å². The minimum atomic E-state index is -0.370. The lowest BCUT2D eigenvalue weighted by Crippen LogP contribution is -1.90. The molecule has 3 aromatic rings. The largest absolute Gasteiger partial charge is 0.276 e. The van der Waals surface area contributed by atoms with Crippen molar-refractivity contribution in [2.75, 3.05) is 0 Å². The summed E-state index contributed by atoms with van der Waals surface area (Å²) in [5.41, 5.74) is 4.11. The summed E-state index contributed by atoms with van der Waals surface area (Å²) in [6.45, 7) is 4.15. The Morgan fingerprint density at radius 1 is 1.14 bits per heavy atom. The van der Waals surface area contributed by atoms with Crippen LogP contribution in [-0.2, 0) is 0 Å². The van der Waals surface area contributed by atoms with E-state index in [0.29, 0.717) is 5.56 Å². The Morgan fingerprint density at radius 3 is 2.64 bits per heavy atom. The second-order valence-corrected chi connectivity index (χ2v) is 6.17. The zero-order valence-corrected chi connectivity index (χ0v) is 13.1. The van der Waals surface area contributed by atoms with Crippen molar-refractivity contribution in [3.63, 3.8) is 0 Å². The van der Waals surface area contributed by atoms with Crippen molar-refractivity contribution in [1.29, 1.82) is 0 Å². The fourth-order valence-electron chi connectivity index (χ4n) is 2.22. The zero-order valence-electron chi connectivity index (χ0n) is 12.2. The number of aromatic nitrogens is 1. The SMILES string of the molecule is Cc1cc2nc(/C=C/c3ccccc3[N+](=O)[O-])sc2cc1C. The molecule has 0 N–H and O–H groups in total. The Labute approximate surface area is 131 Å². The minimum Gasteiger partial charge on any atom is -0.258 e. The molecule has 0 saturated carbocycles. The van der Waals surface area contributed by atoms with Crippen LogP contribution in [0.15, 0.2) is 36.4 Å². The van der Waals surface area contributed by atoms with Gasteiger partial charge in [-0.2, -0.15) is 0 Å². The van der Waals surface area contributed by atoms with E-state index in [1.165, 1.54) is 17.2 Å². The normalized spacial score (nSPS) is 11.4. The lowest BCUT2D eigenvalue weighted by Gasteiger charge is -1.96. The number of fused-ring (bicyclic) bond motifs is 1. The van der Waals surface area contributed by atoms with E-state index >= 15 is 0 Å². The average Bonchev–Trinajstić information content (AvgIpc) is 2.87. The molecule has 5 heteroatoms. The molecule has 0 bridgehead atoms. The fourth-order valence-corrected chi connectivity index (χ4v) is 3.18. The van der Waals surface area contributed by atoms with Crippen molar-refractivity contribution in [1.82, 2.24) is 4.98 Å². The number of nitro groups is 1. The minimum absolute atomic E-state index is 0.103. The third kappa shape index (κ3) is 2.76. The van der Waals surface area contributed by atoms with E-state index in [9.17, 15) is 10.1 Å². The molecule has 0 aliphatic heterocycles. The number of nitro benzene ring substituents is 1. The maximum Gasteiger partial charge on any atom is 0.276 e. The van der Waals surface area contributed by atoms with Gasteiger partial charge in [0.25, 0.3) is 5.69 Å². The molecule has 0 fully saturated rings. The number of nitrogens with zero attached hydrogens (tertiary/aromatic N) is 2. The van der Waals surface area contributed by atoms with Gasteiger partial charge in [0.15, 0.2) is 0 Å². The summed E-state index contributed by atoms with van der Waals surface area (Å²) >= 11 is 1.59. The van der Waals surface area contributed by atoms with Gasteiger partial charge in [0, 0.05) is 6.07 Å². The van der Waals surface area contributed by atoms with Crippen LogP contribution in [0.5, 0.6) is 0 Å². The summed E-state index contributed by atoms with van der Waals surface area (Å²) < 4.78 is 1.13. The monoisotopic (exact) mass is 310 g/mol. The van der Waals surface area contributed by atoms with E-state index in [0.717, 1.165) is 15.2 Å². The Bertz CT molecular complexity index is 858. The molecular weight excluding hydrogens is 296 g/mol. The molecule has 0 atom stereocenters. The first kappa shape index (κ1) is 14.4. The molecule has 0 spiro atoms. The quantitative estimate of drug-likeness (QED) is 0.505. The van der Waals surface area contributed by atoms with Crippen LogP contribution in [0.25, 0.3) is 22.4 Å². The van der Waals surface area contributed by atoms with Crippen molar-refractivity contribution >= 4 is 39.4 Å². The number of hydrogen-bond donors (Lipinski definition) is 0. The Hall–Kier alpha value is -2.53. The van der Waals surface area contributed by atoms with Gasteiger partial charge in [-0.1, -0.05) is 12.1 Å². The summed E-state index contributed by atoms with van der Waals surface area (Å²) in [4.78, 5) is 15.2. The topological polar surface area (TPSA) is 56.0 Å². The molecule has 110 valence electrons. The maximum absolute atomic E-state index is 11.0. The van der Waals surface area contributed by atoms with Crippen molar-refractivity contribution in [3.05, 3.63) is 68.2 Å². The van der Waals surface area contributed by atoms with Gasteiger partial charge in [0.05, 0.1) is 20.7 Å². The Balaban J connectivity index is 1.98. The number of para-hydroxylation sites is 1. The lowest BCUT2D eigenvalue weighted by molar-refractivity contribution is -0.385. The van der Waals surface area contributed by atoms with Crippen LogP contribution in [0, 0.1) is 24.0 Å². The van der Waals surface area contributed by atoms with E-state index in [4.69, 9.17) is 0 Å². The van der Waals surface area contributed by atoms with E-state index in [2.05, 4.69) is 31.0 Å². The highest BCUT2D eigenvalue weighted by Gasteiger charge is 2.10. The van der Waals surface area contributed by atoms with Crippen LogP contribution in [0.3, 0.4) is 0 Å². The molecule has 1 aromatic heterocycles. The second-order valence-electron chi connectivity index (χ2n) is 5.11. The molecule has 1 heterocycles. The van der Waals surface area contributed by atoms with Crippen LogP contribution in [0.4, 0.5) is 5.69 Å². The Morgan fingerprint density at radius 2 is 1.86 bits per heavy atom. The average molecular weight is 310 g/mol. The first-order valence-corrected chi connectivity index (χ1v) is 7.65. The first-order valence-electron chi connectivity index (χ1n) is 6.84. The lowest BCUT2D eigenvalue weighted by atomic mass is 10.1. The predicted molar refractivity (Wildman–Crippen MR) is 91.1 cm³/mol. The summed E-state index contributed by atoms with van der Waals surface area (Å²) in [5, 5.41) is 11.9. The number of aryl methyl sites for hydroxylation is 2. The smallest absolute Gasteiger partial charge is 0.258 e. The molecule has 0 aliphatic carbocycles. The van der Waals surface area contributed by atoms with Crippen LogP contribution in [-0.4, -0.2) is 9.91 Å². The van der Waals surface area contributed by atoms with Gasteiger partial charge in [0.2, 0.25) is 0 Å². The van der Waals surface area contributed by atoms with Gasteiger partial charge in [-0.15, -0.1) is 11.3 Å². The summed E-state index contributed by atoms with van der Waals surface area (Å²) in [7, 11) is 0. The highest BCUT2D eigenvalue weighted by Crippen LogP contribution is 2.27. The van der Waals surface area contributed by atoms with Gasteiger partial charge in [-0.3, -0.25) is 10.1 Å². The highest BCUT2D eigenvalue weighted by atomic mass is 32.1. The molecule has 0 radical (unpaired) electrons.